The predicted octanol–water partition coefficient (Wildman–Crippen LogP) is 1.60. The van der Waals surface area contributed by atoms with E-state index in [-0.39, 0.29) is 48.7 Å². The first-order valence-corrected chi connectivity index (χ1v) is 12.7. The third kappa shape index (κ3) is 5.51. The molecule has 1 saturated heterocycles. The lowest BCUT2D eigenvalue weighted by Crippen LogP contribution is -2.50. The number of ether oxygens (including phenoxy) is 2. The molecule has 1 fully saturated rings. The average molecular weight is 488 g/mol. The zero-order chi connectivity index (χ0) is 24.1. The third-order valence-electron chi connectivity index (χ3n) is 6.00. The summed E-state index contributed by atoms with van der Waals surface area (Å²) in [5.74, 6) is 1.05. The Hall–Kier alpha value is -3.11. The van der Waals surface area contributed by atoms with Gasteiger partial charge in [-0.2, -0.15) is 4.31 Å². The van der Waals surface area contributed by atoms with E-state index in [2.05, 4.69) is 0 Å². The maximum absolute atomic E-state index is 12.7. The Morgan fingerprint density at radius 2 is 1.59 bits per heavy atom. The largest absolute Gasteiger partial charge is 0.486 e. The molecule has 182 valence electrons. The number of carbonyl (C=O) groups is 2. The van der Waals surface area contributed by atoms with Crippen LogP contribution in [0.4, 0.5) is 0 Å². The molecule has 2 aliphatic rings. The van der Waals surface area contributed by atoms with Crippen molar-refractivity contribution >= 4 is 21.8 Å². The van der Waals surface area contributed by atoms with Crippen LogP contribution in [0.25, 0.3) is 0 Å². The lowest BCUT2D eigenvalue weighted by Gasteiger charge is -2.34. The Balaban J connectivity index is 1.21. The molecule has 0 bridgehead atoms. The summed E-state index contributed by atoms with van der Waals surface area (Å²) in [6.45, 7) is 1.79. The van der Waals surface area contributed by atoms with Crippen LogP contribution in [-0.2, 0) is 19.6 Å². The highest BCUT2D eigenvalue weighted by Crippen LogP contribution is 2.31. The van der Waals surface area contributed by atoms with Crippen LogP contribution < -0.4 is 9.47 Å². The van der Waals surface area contributed by atoms with E-state index in [1.165, 1.54) is 4.31 Å². The van der Waals surface area contributed by atoms with Gasteiger partial charge >= 0.3 is 0 Å². The fourth-order valence-electron chi connectivity index (χ4n) is 4.04. The third-order valence-corrected chi connectivity index (χ3v) is 7.91. The second-order valence-electron chi connectivity index (χ2n) is 8.37. The molecular formula is C24H29N3O6S. The van der Waals surface area contributed by atoms with Gasteiger partial charge in [-0.15, -0.1) is 0 Å². The molecule has 34 heavy (non-hydrogen) atoms. The van der Waals surface area contributed by atoms with Crippen LogP contribution in [0.1, 0.15) is 12.8 Å². The van der Waals surface area contributed by atoms with Gasteiger partial charge in [-0.1, -0.05) is 30.3 Å². The number of rotatable bonds is 7. The van der Waals surface area contributed by atoms with Gasteiger partial charge in [-0.05, 0) is 24.3 Å². The molecule has 0 spiro atoms. The van der Waals surface area contributed by atoms with E-state index in [1.54, 1.807) is 47.2 Å². The average Bonchev–Trinajstić information content (AvgIpc) is 2.87. The predicted molar refractivity (Wildman–Crippen MR) is 125 cm³/mol. The molecule has 10 heteroatoms. The molecule has 2 aromatic carbocycles. The molecule has 2 aromatic rings. The molecule has 0 saturated carbocycles. The van der Waals surface area contributed by atoms with Gasteiger partial charge in [-0.25, -0.2) is 8.42 Å². The van der Waals surface area contributed by atoms with Gasteiger partial charge in [0.15, 0.2) is 17.6 Å². The number of hydrogen-bond donors (Lipinski definition) is 0. The van der Waals surface area contributed by atoms with Gasteiger partial charge in [0.1, 0.15) is 6.61 Å². The van der Waals surface area contributed by atoms with Crippen LogP contribution in [0.5, 0.6) is 11.5 Å². The van der Waals surface area contributed by atoms with Crippen molar-refractivity contribution in [1.29, 1.82) is 0 Å². The first kappa shape index (κ1) is 24.0. The summed E-state index contributed by atoms with van der Waals surface area (Å²) in [6, 6.07) is 15.7. The molecule has 1 unspecified atom stereocenters. The fraction of sp³-hybridized carbons (Fsp3) is 0.417. The minimum absolute atomic E-state index is 0.0828. The number of sulfonamides is 1. The summed E-state index contributed by atoms with van der Waals surface area (Å²) < 4.78 is 38.5. The Morgan fingerprint density at radius 3 is 2.29 bits per heavy atom. The molecule has 0 radical (unpaired) electrons. The Morgan fingerprint density at radius 1 is 0.941 bits per heavy atom. The Bertz CT molecular complexity index is 1120. The van der Waals surface area contributed by atoms with Crippen molar-refractivity contribution in [3.8, 4) is 11.5 Å². The van der Waals surface area contributed by atoms with Crippen molar-refractivity contribution in [3.05, 3.63) is 54.6 Å². The van der Waals surface area contributed by atoms with Crippen LogP contribution in [0.15, 0.2) is 59.5 Å². The molecule has 9 nitrogen and oxygen atoms in total. The smallest absolute Gasteiger partial charge is 0.243 e. The SMILES string of the molecule is CN(CC1COc2ccccc2O1)C(=O)CCC(=O)N1CCN(S(=O)(=O)c2ccccc2)CC1. The van der Waals surface area contributed by atoms with Crippen molar-refractivity contribution in [2.75, 3.05) is 46.4 Å². The van der Waals surface area contributed by atoms with Crippen LogP contribution in [0.3, 0.4) is 0 Å². The number of hydrogen-bond acceptors (Lipinski definition) is 6. The highest BCUT2D eigenvalue weighted by molar-refractivity contribution is 7.89. The number of amides is 2. The topological polar surface area (TPSA) is 96.5 Å². The Kier molecular flexibility index (Phi) is 7.38. The van der Waals surface area contributed by atoms with Gasteiger partial charge in [0, 0.05) is 46.1 Å². The molecule has 0 N–H and O–H groups in total. The monoisotopic (exact) mass is 487 g/mol. The summed E-state index contributed by atoms with van der Waals surface area (Å²) >= 11 is 0. The molecule has 0 aliphatic carbocycles. The van der Waals surface area contributed by atoms with Gasteiger partial charge < -0.3 is 19.3 Å². The zero-order valence-corrected chi connectivity index (χ0v) is 19.9. The maximum atomic E-state index is 12.7. The summed E-state index contributed by atoms with van der Waals surface area (Å²) in [5, 5.41) is 0. The summed E-state index contributed by atoms with van der Waals surface area (Å²) in [5.41, 5.74) is 0. The van der Waals surface area contributed by atoms with Gasteiger partial charge in [0.05, 0.1) is 11.4 Å². The summed E-state index contributed by atoms with van der Waals surface area (Å²) in [7, 11) is -1.88. The van der Waals surface area contributed by atoms with E-state index in [4.69, 9.17) is 9.47 Å². The van der Waals surface area contributed by atoms with Crippen LogP contribution in [0, 0.1) is 0 Å². The quantitative estimate of drug-likeness (QED) is 0.589. The number of fused-ring (bicyclic) bond motifs is 1. The molecule has 4 rings (SSSR count). The molecule has 2 aliphatic heterocycles. The second kappa shape index (κ2) is 10.4. The zero-order valence-electron chi connectivity index (χ0n) is 19.1. The molecule has 2 amide bonds. The van der Waals surface area contributed by atoms with E-state index >= 15 is 0 Å². The molecule has 1 atom stereocenters. The summed E-state index contributed by atoms with van der Waals surface area (Å²) in [6.07, 6.45) is -0.110. The first-order valence-electron chi connectivity index (χ1n) is 11.3. The van der Waals surface area contributed by atoms with E-state index in [1.807, 2.05) is 24.3 Å². The highest BCUT2D eigenvalue weighted by atomic mass is 32.2. The van der Waals surface area contributed by atoms with E-state index in [9.17, 15) is 18.0 Å². The van der Waals surface area contributed by atoms with Crippen molar-refractivity contribution in [3.63, 3.8) is 0 Å². The number of piperazine rings is 1. The van der Waals surface area contributed by atoms with Gasteiger partial charge in [-0.3, -0.25) is 9.59 Å². The second-order valence-corrected chi connectivity index (χ2v) is 10.3. The van der Waals surface area contributed by atoms with Gasteiger partial charge in [0.25, 0.3) is 0 Å². The first-order chi connectivity index (χ1) is 16.3. The van der Waals surface area contributed by atoms with Crippen LogP contribution in [0.2, 0.25) is 0 Å². The molecular weight excluding hydrogens is 458 g/mol. The van der Waals surface area contributed by atoms with E-state index < -0.39 is 10.0 Å². The minimum Gasteiger partial charge on any atom is -0.486 e. The normalized spacial score (nSPS) is 18.4. The van der Waals surface area contributed by atoms with Crippen LogP contribution in [-0.4, -0.2) is 86.8 Å². The molecule has 0 aromatic heterocycles. The van der Waals surface area contributed by atoms with E-state index in [0.717, 1.165) is 0 Å². The number of nitrogens with zero attached hydrogens (tertiary/aromatic N) is 3. The highest BCUT2D eigenvalue weighted by Gasteiger charge is 2.30. The Labute approximate surface area is 199 Å². The maximum Gasteiger partial charge on any atom is 0.243 e. The van der Waals surface area contributed by atoms with Crippen molar-refractivity contribution in [2.45, 2.75) is 23.8 Å². The van der Waals surface area contributed by atoms with Crippen molar-refractivity contribution in [1.82, 2.24) is 14.1 Å². The summed E-state index contributed by atoms with van der Waals surface area (Å²) in [4.78, 5) is 28.6. The fourth-order valence-corrected chi connectivity index (χ4v) is 5.49. The standard InChI is InChI=1S/C24H29N3O6S/c1-25(17-19-18-32-21-9-5-6-10-22(21)33-19)23(28)11-12-24(29)26-13-15-27(16-14-26)34(30,31)20-7-3-2-4-8-20/h2-10,19H,11-18H2,1H3. The van der Waals surface area contributed by atoms with Crippen molar-refractivity contribution in [2.24, 2.45) is 0 Å². The van der Waals surface area contributed by atoms with E-state index in [0.29, 0.717) is 37.7 Å². The lowest BCUT2D eigenvalue weighted by atomic mass is 10.2. The minimum atomic E-state index is -3.57. The number of carbonyl (C=O) groups excluding carboxylic acids is 2. The van der Waals surface area contributed by atoms with Crippen molar-refractivity contribution < 1.29 is 27.5 Å². The number of benzene rings is 2. The molecule has 2 heterocycles. The number of para-hydroxylation sites is 2. The number of likely N-dealkylation sites (N-methyl/N-ethyl adjacent to an activating group) is 1. The van der Waals surface area contributed by atoms with Crippen LogP contribution >= 0.6 is 0 Å². The lowest BCUT2D eigenvalue weighted by molar-refractivity contribution is -0.137. The van der Waals surface area contributed by atoms with Gasteiger partial charge in [0.2, 0.25) is 21.8 Å².